The first-order valence-electron chi connectivity index (χ1n) is 13.4. The number of anilines is 1. The fourth-order valence-corrected chi connectivity index (χ4v) is 6.61. The van der Waals surface area contributed by atoms with E-state index in [1.807, 2.05) is 24.0 Å². The zero-order chi connectivity index (χ0) is 25.3. The van der Waals surface area contributed by atoms with Crippen LogP contribution in [0.25, 0.3) is 11.1 Å². The van der Waals surface area contributed by atoms with Gasteiger partial charge in [0, 0.05) is 30.6 Å². The van der Waals surface area contributed by atoms with E-state index in [0.29, 0.717) is 12.6 Å². The predicted molar refractivity (Wildman–Crippen MR) is 141 cm³/mol. The summed E-state index contributed by atoms with van der Waals surface area (Å²) >= 11 is 0. The third-order valence-corrected chi connectivity index (χ3v) is 8.69. The Bertz CT molecular complexity index is 1110. The fourth-order valence-electron chi connectivity index (χ4n) is 6.61. The lowest BCUT2D eigenvalue weighted by Gasteiger charge is -2.44. The summed E-state index contributed by atoms with van der Waals surface area (Å²) in [7, 11) is 1.69. The summed E-state index contributed by atoms with van der Waals surface area (Å²) in [6, 6.07) is 15.3. The number of likely N-dealkylation sites (tertiary alicyclic amines) is 1. The number of esters is 1. The van der Waals surface area contributed by atoms with Crippen LogP contribution < -0.4 is 9.64 Å². The van der Waals surface area contributed by atoms with Crippen LogP contribution in [-0.4, -0.2) is 56.2 Å². The van der Waals surface area contributed by atoms with Crippen molar-refractivity contribution in [2.45, 2.75) is 63.8 Å². The molecule has 0 unspecified atom stereocenters. The standard InChI is InChI=1S/C30H38N2O4/c1-4-36-29(34)22-8-11-25(12-9-22)31-16-14-30(15-17-31)20-32(21(2)33)28-13-10-24(19-27(28)30)23-6-5-7-26(18-23)35-3/h5-7,10,13,18-19,22,25H,4,8-9,11-12,14-17,20H2,1-3H3. The molecule has 6 heteroatoms. The molecule has 1 amide bonds. The lowest BCUT2D eigenvalue weighted by atomic mass is 9.73. The highest BCUT2D eigenvalue weighted by molar-refractivity contribution is 5.95. The summed E-state index contributed by atoms with van der Waals surface area (Å²) in [5.74, 6) is 1.01. The molecule has 1 saturated carbocycles. The Morgan fingerprint density at radius 3 is 2.39 bits per heavy atom. The third kappa shape index (κ3) is 4.63. The van der Waals surface area contributed by atoms with Crippen LogP contribution >= 0.6 is 0 Å². The Hall–Kier alpha value is -2.86. The first-order valence-corrected chi connectivity index (χ1v) is 13.4. The topological polar surface area (TPSA) is 59.1 Å². The van der Waals surface area contributed by atoms with Gasteiger partial charge >= 0.3 is 5.97 Å². The zero-order valence-electron chi connectivity index (χ0n) is 21.8. The first kappa shape index (κ1) is 24.8. The second kappa shape index (κ2) is 10.3. The Balaban J connectivity index is 1.33. The maximum Gasteiger partial charge on any atom is 0.308 e. The van der Waals surface area contributed by atoms with Crippen molar-refractivity contribution in [3.05, 3.63) is 48.0 Å². The van der Waals surface area contributed by atoms with Gasteiger partial charge in [0.05, 0.1) is 19.6 Å². The van der Waals surface area contributed by atoms with Gasteiger partial charge in [-0.1, -0.05) is 18.2 Å². The maximum atomic E-state index is 12.6. The van der Waals surface area contributed by atoms with Crippen LogP contribution in [0.1, 0.15) is 57.9 Å². The quantitative estimate of drug-likeness (QED) is 0.540. The van der Waals surface area contributed by atoms with E-state index in [1.54, 1.807) is 14.0 Å². The van der Waals surface area contributed by atoms with Crippen LogP contribution in [0.4, 0.5) is 5.69 Å². The summed E-state index contributed by atoms with van der Waals surface area (Å²) < 4.78 is 10.7. The monoisotopic (exact) mass is 490 g/mol. The lowest BCUT2D eigenvalue weighted by Crippen LogP contribution is -2.50. The zero-order valence-corrected chi connectivity index (χ0v) is 21.8. The lowest BCUT2D eigenvalue weighted by molar-refractivity contribution is -0.149. The Morgan fingerprint density at radius 2 is 1.72 bits per heavy atom. The smallest absolute Gasteiger partial charge is 0.308 e. The number of hydrogen-bond acceptors (Lipinski definition) is 5. The highest BCUT2D eigenvalue weighted by atomic mass is 16.5. The van der Waals surface area contributed by atoms with Crippen LogP contribution in [0.3, 0.4) is 0 Å². The number of rotatable bonds is 5. The summed E-state index contributed by atoms with van der Waals surface area (Å²) in [5, 5.41) is 0. The number of carbonyl (C=O) groups excluding carboxylic acids is 2. The number of amides is 1. The molecule has 2 aliphatic heterocycles. The number of methoxy groups -OCH3 is 1. The highest BCUT2D eigenvalue weighted by Gasteiger charge is 2.46. The third-order valence-electron chi connectivity index (χ3n) is 8.69. The molecular formula is C30H38N2O4. The summed E-state index contributed by atoms with van der Waals surface area (Å²) in [6.07, 6.45) is 6.07. The summed E-state index contributed by atoms with van der Waals surface area (Å²) in [5.41, 5.74) is 4.66. The molecule has 0 bridgehead atoms. The van der Waals surface area contributed by atoms with Crippen molar-refractivity contribution in [3.63, 3.8) is 0 Å². The molecular weight excluding hydrogens is 452 g/mol. The number of piperidine rings is 1. The van der Waals surface area contributed by atoms with E-state index in [1.165, 1.54) is 5.56 Å². The number of hydrogen-bond donors (Lipinski definition) is 0. The molecule has 6 nitrogen and oxygen atoms in total. The van der Waals surface area contributed by atoms with Crippen LogP contribution in [0.5, 0.6) is 5.75 Å². The Kier molecular flexibility index (Phi) is 7.07. The van der Waals surface area contributed by atoms with E-state index < -0.39 is 0 Å². The molecule has 2 heterocycles. The van der Waals surface area contributed by atoms with E-state index in [-0.39, 0.29) is 23.2 Å². The number of nitrogens with zero attached hydrogens (tertiary/aromatic N) is 2. The summed E-state index contributed by atoms with van der Waals surface area (Å²) in [6.45, 7) is 6.84. The normalized spacial score (nSPS) is 23.4. The molecule has 0 radical (unpaired) electrons. The maximum absolute atomic E-state index is 12.6. The molecule has 0 atom stereocenters. The minimum Gasteiger partial charge on any atom is -0.497 e. The first-order chi connectivity index (χ1) is 17.4. The van der Waals surface area contributed by atoms with Gasteiger partial charge in [-0.15, -0.1) is 0 Å². The number of carbonyl (C=O) groups is 2. The van der Waals surface area contributed by atoms with Crippen molar-refractivity contribution in [3.8, 4) is 16.9 Å². The molecule has 2 aromatic rings. The average Bonchev–Trinajstić information content (AvgIpc) is 3.23. The average molecular weight is 491 g/mol. The van der Waals surface area contributed by atoms with Crippen LogP contribution in [0.2, 0.25) is 0 Å². The molecule has 1 saturated heterocycles. The number of fused-ring (bicyclic) bond motifs is 2. The molecule has 1 aliphatic carbocycles. The van der Waals surface area contributed by atoms with Gasteiger partial charge in [0.15, 0.2) is 0 Å². The van der Waals surface area contributed by atoms with Crippen molar-refractivity contribution < 1.29 is 19.1 Å². The van der Waals surface area contributed by atoms with E-state index in [2.05, 4.69) is 35.2 Å². The molecule has 192 valence electrons. The van der Waals surface area contributed by atoms with Crippen LogP contribution in [0, 0.1) is 5.92 Å². The van der Waals surface area contributed by atoms with Gasteiger partial charge in [-0.05, 0) is 99.5 Å². The second-order valence-corrected chi connectivity index (χ2v) is 10.6. The van der Waals surface area contributed by atoms with Gasteiger partial charge in [0.1, 0.15) is 5.75 Å². The minimum atomic E-state index is -0.0210. The molecule has 0 aromatic heterocycles. The van der Waals surface area contributed by atoms with E-state index in [9.17, 15) is 9.59 Å². The SMILES string of the molecule is CCOC(=O)C1CCC(N2CCC3(CC2)CN(C(C)=O)c2ccc(-c4cccc(OC)c4)cc23)CC1. The minimum absolute atomic E-state index is 0.00544. The molecule has 0 N–H and O–H groups in total. The fraction of sp³-hybridized carbons (Fsp3) is 0.533. The number of ether oxygens (including phenoxy) is 2. The van der Waals surface area contributed by atoms with Gasteiger partial charge in [0.25, 0.3) is 0 Å². The van der Waals surface area contributed by atoms with E-state index in [0.717, 1.165) is 80.7 Å². The van der Waals surface area contributed by atoms with Gasteiger partial charge in [-0.25, -0.2) is 0 Å². The largest absolute Gasteiger partial charge is 0.497 e. The van der Waals surface area contributed by atoms with Crippen LogP contribution in [0.15, 0.2) is 42.5 Å². The van der Waals surface area contributed by atoms with Gasteiger partial charge in [-0.3, -0.25) is 9.59 Å². The van der Waals surface area contributed by atoms with Crippen molar-refractivity contribution in [2.75, 3.05) is 38.3 Å². The molecule has 5 rings (SSSR count). The number of benzene rings is 2. The highest BCUT2D eigenvalue weighted by Crippen LogP contribution is 2.49. The molecule has 3 aliphatic rings. The molecule has 1 spiro atoms. The van der Waals surface area contributed by atoms with Crippen LogP contribution in [-0.2, 0) is 19.7 Å². The molecule has 2 aromatic carbocycles. The Morgan fingerprint density at radius 1 is 1.00 bits per heavy atom. The molecule has 36 heavy (non-hydrogen) atoms. The molecule has 2 fully saturated rings. The van der Waals surface area contributed by atoms with Gasteiger partial charge < -0.3 is 19.3 Å². The van der Waals surface area contributed by atoms with E-state index in [4.69, 9.17) is 9.47 Å². The summed E-state index contributed by atoms with van der Waals surface area (Å²) in [4.78, 5) is 29.3. The second-order valence-electron chi connectivity index (χ2n) is 10.6. The van der Waals surface area contributed by atoms with Crippen molar-refractivity contribution >= 4 is 17.6 Å². The van der Waals surface area contributed by atoms with Gasteiger partial charge in [0.2, 0.25) is 5.91 Å². The van der Waals surface area contributed by atoms with E-state index >= 15 is 0 Å². The Labute approximate surface area is 214 Å². The van der Waals surface area contributed by atoms with Crippen molar-refractivity contribution in [2.24, 2.45) is 5.92 Å². The van der Waals surface area contributed by atoms with Crippen molar-refractivity contribution in [1.29, 1.82) is 0 Å². The van der Waals surface area contributed by atoms with Gasteiger partial charge in [-0.2, -0.15) is 0 Å². The predicted octanol–water partition coefficient (Wildman–Crippen LogP) is 5.18. The van der Waals surface area contributed by atoms with Crippen molar-refractivity contribution in [1.82, 2.24) is 4.90 Å².